The Morgan fingerprint density at radius 1 is 0.458 bits per heavy atom. The first-order valence-corrected chi connectivity index (χ1v) is 25.8. The molecule has 0 saturated carbocycles. The highest BCUT2D eigenvalue weighted by molar-refractivity contribution is 7.47. The van der Waals surface area contributed by atoms with Gasteiger partial charge in [-0.15, -0.1) is 0 Å². The molecule has 3 atom stereocenters. The van der Waals surface area contributed by atoms with E-state index in [0.29, 0.717) is 12.8 Å². The molecule has 59 heavy (non-hydrogen) atoms. The Morgan fingerprint density at radius 2 is 0.746 bits per heavy atom. The summed E-state index contributed by atoms with van der Waals surface area (Å²) >= 11 is 0. The predicted octanol–water partition coefficient (Wildman–Crippen LogP) is 13.3. The molecule has 0 bridgehead atoms. The molecule has 0 aliphatic carbocycles. The molecular formula is C48H91O10P. The van der Waals surface area contributed by atoms with Gasteiger partial charge in [0.05, 0.1) is 26.4 Å². The van der Waals surface area contributed by atoms with Gasteiger partial charge in [0.25, 0.3) is 0 Å². The number of aliphatic hydroxyl groups excluding tert-OH is 2. The highest BCUT2D eigenvalue weighted by Crippen LogP contribution is 2.43. The van der Waals surface area contributed by atoms with Crippen LogP contribution in [0, 0.1) is 0 Å². The fourth-order valence-corrected chi connectivity index (χ4v) is 7.70. The first kappa shape index (κ1) is 57.4. The summed E-state index contributed by atoms with van der Waals surface area (Å²) in [5.41, 5.74) is 0. The van der Waals surface area contributed by atoms with E-state index in [0.717, 1.165) is 51.4 Å². The number of aliphatic hydroxyl groups is 2. The van der Waals surface area contributed by atoms with Crippen molar-refractivity contribution in [2.75, 3.05) is 26.4 Å². The summed E-state index contributed by atoms with van der Waals surface area (Å²) in [6, 6.07) is 0. The first-order valence-electron chi connectivity index (χ1n) is 24.3. The van der Waals surface area contributed by atoms with Crippen molar-refractivity contribution >= 4 is 19.8 Å². The topological polar surface area (TPSA) is 149 Å². The minimum Gasteiger partial charge on any atom is -0.457 e. The number of hydrogen-bond donors (Lipinski definition) is 3. The molecule has 0 amide bonds. The van der Waals surface area contributed by atoms with Crippen LogP contribution in [0.2, 0.25) is 0 Å². The van der Waals surface area contributed by atoms with E-state index in [2.05, 4.69) is 38.2 Å². The minimum atomic E-state index is -4.64. The van der Waals surface area contributed by atoms with Crippen LogP contribution in [0.3, 0.4) is 0 Å². The number of carbonyl (C=O) groups is 2. The van der Waals surface area contributed by atoms with Crippen LogP contribution in [0.15, 0.2) is 24.3 Å². The van der Waals surface area contributed by atoms with Crippen molar-refractivity contribution in [3.8, 4) is 0 Å². The van der Waals surface area contributed by atoms with Crippen LogP contribution < -0.4 is 0 Å². The van der Waals surface area contributed by atoms with Gasteiger partial charge in [0, 0.05) is 12.8 Å². The molecule has 3 N–H and O–H groups in total. The van der Waals surface area contributed by atoms with Crippen molar-refractivity contribution in [1.29, 1.82) is 0 Å². The largest absolute Gasteiger partial charge is 0.472 e. The number of esters is 2. The number of rotatable bonds is 46. The van der Waals surface area contributed by atoms with Gasteiger partial charge in [-0.2, -0.15) is 0 Å². The third-order valence-electron chi connectivity index (χ3n) is 10.7. The van der Waals surface area contributed by atoms with Gasteiger partial charge in [0.2, 0.25) is 0 Å². The first-order chi connectivity index (χ1) is 28.8. The number of carbonyl (C=O) groups excluding carboxylic acids is 2. The van der Waals surface area contributed by atoms with Crippen LogP contribution >= 0.6 is 7.82 Å². The van der Waals surface area contributed by atoms with Crippen LogP contribution in [0.1, 0.15) is 232 Å². The van der Waals surface area contributed by atoms with Crippen molar-refractivity contribution in [2.45, 2.75) is 244 Å². The van der Waals surface area contributed by atoms with E-state index in [-0.39, 0.29) is 12.8 Å². The normalized spacial score (nSPS) is 13.9. The van der Waals surface area contributed by atoms with Crippen LogP contribution in [-0.2, 0) is 32.7 Å². The maximum atomic E-state index is 12.4. The Labute approximate surface area is 361 Å². The third kappa shape index (κ3) is 42.9. The fourth-order valence-electron chi connectivity index (χ4n) is 6.91. The molecule has 0 aliphatic rings. The number of hydrogen-bond acceptors (Lipinski definition) is 9. The van der Waals surface area contributed by atoms with Crippen molar-refractivity contribution in [2.24, 2.45) is 0 Å². The molecule has 348 valence electrons. The highest BCUT2D eigenvalue weighted by atomic mass is 31.2. The van der Waals surface area contributed by atoms with Gasteiger partial charge in [-0.3, -0.25) is 18.6 Å². The molecule has 0 aromatic carbocycles. The lowest BCUT2D eigenvalue weighted by atomic mass is 10.0. The molecule has 0 aromatic rings. The van der Waals surface area contributed by atoms with Gasteiger partial charge in [0.1, 0.15) is 12.2 Å². The van der Waals surface area contributed by atoms with Crippen LogP contribution in [0.5, 0.6) is 0 Å². The van der Waals surface area contributed by atoms with Gasteiger partial charge in [-0.1, -0.05) is 199 Å². The van der Waals surface area contributed by atoms with Crippen molar-refractivity contribution < 1.29 is 47.8 Å². The zero-order valence-electron chi connectivity index (χ0n) is 38.0. The zero-order chi connectivity index (χ0) is 43.3. The van der Waals surface area contributed by atoms with Gasteiger partial charge in [-0.25, -0.2) is 4.57 Å². The Balaban J connectivity index is 3.85. The standard InChI is InChI=1S/C48H91O10P/c1-3-5-7-9-11-13-15-17-19-21-22-24-26-28-30-32-34-36-38-40-48(52)58-46(42-50)44-56-59(53,54)55-43-45(41-49)57-47(51)39-37-35-33-31-29-27-25-23-20-18-16-14-12-10-8-6-4-2/h11,13,17,19,45-46,49-50H,3-10,12,14-16,18,20-44H2,1-2H3,(H,53,54)/b13-11-,19-17-. The second-order valence-electron chi connectivity index (χ2n) is 16.5. The molecule has 0 fully saturated rings. The summed E-state index contributed by atoms with van der Waals surface area (Å²) in [7, 11) is -4.64. The molecular weight excluding hydrogens is 767 g/mol. The van der Waals surface area contributed by atoms with Crippen LogP contribution in [0.4, 0.5) is 0 Å². The lowest BCUT2D eigenvalue weighted by Crippen LogP contribution is -2.28. The van der Waals surface area contributed by atoms with E-state index < -0.39 is 58.4 Å². The van der Waals surface area contributed by atoms with E-state index in [1.165, 1.54) is 141 Å². The number of unbranched alkanes of at least 4 members (excludes halogenated alkanes) is 28. The predicted molar refractivity (Wildman–Crippen MR) is 242 cm³/mol. The van der Waals surface area contributed by atoms with Gasteiger partial charge in [0.15, 0.2) is 0 Å². The molecule has 10 nitrogen and oxygen atoms in total. The number of phosphoric acid groups is 1. The Bertz CT molecular complexity index is 1040. The summed E-state index contributed by atoms with van der Waals surface area (Å²) in [5, 5.41) is 19.2. The summed E-state index contributed by atoms with van der Waals surface area (Å²) in [4.78, 5) is 34.6. The average Bonchev–Trinajstić information content (AvgIpc) is 3.22. The maximum Gasteiger partial charge on any atom is 0.472 e. The number of ether oxygens (including phenoxy) is 2. The number of phosphoric ester groups is 1. The van der Waals surface area contributed by atoms with Crippen LogP contribution in [-0.4, -0.2) is 65.7 Å². The monoisotopic (exact) mass is 859 g/mol. The molecule has 0 spiro atoms. The molecule has 0 radical (unpaired) electrons. The molecule has 3 unspecified atom stereocenters. The summed E-state index contributed by atoms with van der Waals surface area (Å²) in [5.74, 6) is -1.01. The number of allylic oxidation sites excluding steroid dienone is 4. The van der Waals surface area contributed by atoms with E-state index in [1.807, 2.05) is 0 Å². The van der Waals surface area contributed by atoms with E-state index in [1.54, 1.807) is 0 Å². The smallest absolute Gasteiger partial charge is 0.457 e. The second kappa shape index (κ2) is 44.5. The highest BCUT2D eigenvalue weighted by Gasteiger charge is 2.27. The Morgan fingerprint density at radius 3 is 1.08 bits per heavy atom. The molecule has 0 heterocycles. The molecule has 0 saturated heterocycles. The van der Waals surface area contributed by atoms with E-state index >= 15 is 0 Å². The summed E-state index contributed by atoms with van der Waals surface area (Å²) in [6.07, 6.45) is 45.7. The fraction of sp³-hybridized carbons (Fsp3) is 0.875. The van der Waals surface area contributed by atoms with E-state index in [9.17, 15) is 29.3 Å². The Hall–Kier alpha value is -1.55. The van der Waals surface area contributed by atoms with E-state index in [4.69, 9.17) is 18.5 Å². The second-order valence-corrected chi connectivity index (χ2v) is 17.9. The van der Waals surface area contributed by atoms with Crippen molar-refractivity contribution in [3.05, 3.63) is 24.3 Å². The van der Waals surface area contributed by atoms with Crippen molar-refractivity contribution in [1.82, 2.24) is 0 Å². The average molecular weight is 859 g/mol. The summed E-state index contributed by atoms with van der Waals surface area (Å²) < 4.78 is 32.7. The maximum absolute atomic E-state index is 12.4. The van der Waals surface area contributed by atoms with Crippen molar-refractivity contribution in [3.63, 3.8) is 0 Å². The van der Waals surface area contributed by atoms with Crippen LogP contribution in [0.25, 0.3) is 0 Å². The zero-order valence-corrected chi connectivity index (χ0v) is 38.9. The van der Waals surface area contributed by atoms with Gasteiger partial charge < -0.3 is 24.6 Å². The lowest BCUT2D eigenvalue weighted by Gasteiger charge is -2.20. The SMILES string of the molecule is CCCCC/C=C\C/C=C\CCCCCCCCCCCC(=O)OC(CO)COP(=O)(O)OCC(CO)OC(=O)CCCCCCCCCCCCCCCCCCC. The third-order valence-corrected chi connectivity index (χ3v) is 11.6. The molecule has 0 aliphatic heterocycles. The lowest BCUT2D eigenvalue weighted by molar-refractivity contribution is -0.153. The van der Waals surface area contributed by atoms with Gasteiger partial charge in [-0.05, 0) is 44.9 Å². The van der Waals surface area contributed by atoms with Gasteiger partial charge >= 0.3 is 19.8 Å². The molecule has 0 rings (SSSR count). The Kier molecular flexibility index (Phi) is 43.3. The molecule has 0 aromatic heterocycles. The minimum absolute atomic E-state index is 0.189. The quantitative estimate of drug-likeness (QED) is 0.0234. The summed E-state index contributed by atoms with van der Waals surface area (Å²) in [6.45, 7) is 2.22. The molecule has 11 heteroatoms.